The number of hydrogen-bond donors (Lipinski definition) is 1. The van der Waals surface area contributed by atoms with Crippen molar-refractivity contribution in [1.29, 1.82) is 0 Å². The molecule has 8 nitrogen and oxygen atoms in total. The molecule has 30 heavy (non-hydrogen) atoms. The summed E-state index contributed by atoms with van der Waals surface area (Å²) < 4.78 is 23.5. The van der Waals surface area contributed by atoms with Gasteiger partial charge < -0.3 is 14.7 Å². The Morgan fingerprint density at radius 1 is 1.10 bits per heavy atom. The highest BCUT2D eigenvalue weighted by atomic mass is 32.2. The number of aromatic amines is 1. The van der Waals surface area contributed by atoms with Crippen molar-refractivity contribution in [2.75, 3.05) is 24.2 Å². The van der Waals surface area contributed by atoms with Gasteiger partial charge in [0.1, 0.15) is 24.1 Å². The summed E-state index contributed by atoms with van der Waals surface area (Å²) in [6, 6.07) is 8.78. The van der Waals surface area contributed by atoms with Crippen LogP contribution < -0.4 is 4.90 Å². The fourth-order valence-corrected chi connectivity index (χ4v) is 5.54. The lowest BCUT2D eigenvalue weighted by Gasteiger charge is -2.44. The zero-order chi connectivity index (χ0) is 20.9. The minimum atomic E-state index is -3.26. The van der Waals surface area contributed by atoms with Gasteiger partial charge in [-0.05, 0) is 36.6 Å². The lowest BCUT2D eigenvalue weighted by Crippen LogP contribution is -2.55. The van der Waals surface area contributed by atoms with Crippen LogP contribution in [-0.4, -0.2) is 66.0 Å². The van der Waals surface area contributed by atoms with Crippen LogP contribution in [-0.2, 0) is 14.6 Å². The fraction of sp³-hybridized carbons (Fsp3) is 0.381. The number of carbonyl (C=O) groups excluding carboxylic acids is 1. The van der Waals surface area contributed by atoms with E-state index in [0.717, 1.165) is 54.6 Å². The first-order valence-electron chi connectivity index (χ1n) is 10.0. The van der Waals surface area contributed by atoms with E-state index >= 15 is 0 Å². The molecule has 3 unspecified atom stereocenters. The van der Waals surface area contributed by atoms with Crippen molar-refractivity contribution in [1.82, 2.24) is 19.9 Å². The van der Waals surface area contributed by atoms with E-state index in [9.17, 15) is 13.2 Å². The number of benzene rings is 1. The SMILES string of the molecule is CS(=O)(=O)c1ccc(C(C=O)N2C3CCC2CN(c2ncnc4[nH]ccc24)C3)cc1. The molecule has 0 spiro atoms. The molecule has 2 aromatic heterocycles. The van der Waals surface area contributed by atoms with Gasteiger partial charge in [0, 0.05) is 37.6 Å². The van der Waals surface area contributed by atoms with Crippen LogP contribution in [0.25, 0.3) is 11.0 Å². The van der Waals surface area contributed by atoms with E-state index in [-0.39, 0.29) is 23.0 Å². The Bertz CT molecular complexity index is 1180. The molecule has 2 aliphatic rings. The molecule has 9 heteroatoms. The Kier molecular flexibility index (Phi) is 4.59. The molecule has 1 N–H and O–H groups in total. The van der Waals surface area contributed by atoms with E-state index in [1.807, 2.05) is 12.3 Å². The Balaban J connectivity index is 1.41. The van der Waals surface area contributed by atoms with Gasteiger partial charge in [0.05, 0.1) is 16.3 Å². The lowest BCUT2D eigenvalue weighted by molar-refractivity contribution is -0.114. The minimum absolute atomic E-state index is 0.234. The number of H-pyrrole nitrogens is 1. The van der Waals surface area contributed by atoms with Gasteiger partial charge in [0.15, 0.2) is 9.84 Å². The van der Waals surface area contributed by atoms with Crippen LogP contribution in [0.1, 0.15) is 24.4 Å². The zero-order valence-electron chi connectivity index (χ0n) is 16.6. The first kappa shape index (κ1) is 19.2. The van der Waals surface area contributed by atoms with Crippen LogP contribution in [0.4, 0.5) is 5.82 Å². The Labute approximate surface area is 174 Å². The van der Waals surface area contributed by atoms with Gasteiger partial charge in [-0.1, -0.05) is 12.1 Å². The molecular weight excluding hydrogens is 402 g/mol. The van der Waals surface area contributed by atoms with E-state index in [4.69, 9.17) is 0 Å². The largest absolute Gasteiger partial charge is 0.353 e. The number of sulfone groups is 1. The number of fused-ring (bicyclic) bond motifs is 3. The standard InChI is InChI=1S/C21H23N5O3S/c1-30(28,29)17-6-2-14(3-7-17)19(12-27)26-15-4-5-16(26)11-25(10-15)21-18-8-9-22-20(18)23-13-24-21/h2-3,6-9,12-13,15-16,19H,4-5,10-11H2,1H3,(H,22,23,24). The number of nitrogens with one attached hydrogen (secondary N) is 1. The summed E-state index contributed by atoms with van der Waals surface area (Å²) in [5.74, 6) is 0.929. The Morgan fingerprint density at radius 2 is 1.80 bits per heavy atom. The van der Waals surface area contributed by atoms with Gasteiger partial charge >= 0.3 is 0 Å². The highest BCUT2D eigenvalue weighted by molar-refractivity contribution is 7.90. The number of nitrogens with zero attached hydrogens (tertiary/aromatic N) is 4. The molecule has 4 heterocycles. The van der Waals surface area contributed by atoms with Crippen molar-refractivity contribution in [3.8, 4) is 0 Å². The van der Waals surface area contributed by atoms with Gasteiger partial charge in [-0.25, -0.2) is 18.4 Å². The summed E-state index contributed by atoms with van der Waals surface area (Å²) >= 11 is 0. The summed E-state index contributed by atoms with van der Waals surface area (Å²) in [6.45, 7) is 1.58. The number of anilines is 1. The normalized spacial score (nSPS) is 23.0. The number of piperazine rings is 1. The van der Waals surface area contributed by atoms with Gasteiger partial charge in [0.25, 0.3) is 0 Å². The van der Waals surface area contributed by atoms with Crippen LogP contribution in [0, 0.1) is 0 Å². The Hall–Kier alpha value is -2.78. The average Bonchev–Trinajstić information content (AvgIpc) is 3.30. The minimum Gasteiger partial charge on any atom is -0.353 e. The van der Waals surface area contributed by atoms with Crippen LogP contribution in [0.2, 0.25) is 0 Å². The molecule has 5 rings (SSSR count). The predicted molar refractivity (Wildman–Crippen MR) is 113 cm³/mol. The maximum Gasteiger partial charge on any atom is 0.175 e. The average molecular weight is 426 g/mol. The van der Waals surface area contributed by atoms with Crippen molar-refractivity contribution in [3.63, 3.8) is 0 Å². The third kappa shape index (κ3) is 3.18. The van der Waals surface area contributed by atoms with Crippen LogP contribution in [0.3, 0.4) is 0 Å². The van der Waals surface area contributed by atoms with Crippen molar-refractivity contribution in [2.45, 2.75) is 35.9 Å². The molecule has 3 atom stereocenters. The number of aromatic nitrogens is 3. The third-order valence-corrected chi connectivity index (χ3v) is 7.40. The molecule has 2 saturated heterocycles. The van der Waals surface area contributed by atoms with E-state index in [1.165, 1.54) is 6.26 Å². The van der Waals surface area contributed by atoms with Gasteiger partial charge in [-0.15, -0.1) is 0 Å². The molecule has 2 aliphatic heterocycles. The summed E-state index contributed by atoms with van der Waals surface area (Å²) in [5.41, 5.74) is 1.66. The third-order valence-electron chi connectivity index (χ3n) is 6.27. The maximum atomic E-state index is 12.1. The number of hydrogen-bond acceptors (Lipinski definition) is 7. The first-order valence-corrected chi connectivity index (χ1v) is 11.9. The first-order chi connectivity index (χ1) is 14.5. The van der Waals surface area contributed by atoms with E-state index < -0.39 is 9.84 Å². The summed E-state index contributed by atoms with van der Waals surface area (Å²) in [6.07, 6.45) is 7.66. The highest BCUT2D eigenvalue weighted by Gasteiger charge is 2.44. The second-order valence-corrected chi connectivity index (χ2v) is 10.1. The van der Waals surface area contributed by atoms with Crippen LogP contribution in [0.5, 0.6) is 0 Å². The molecule has 0 aliphatic carbocycles. The zero-order valence-corrected chi connectivity index (χ0v) is 17.4. The van der Waals surface area contributed by atoms with Gasteiger partial charge in [0.2, 0.25) is 0 Å². The van der Waals surface area contributed by atoms with Crippen LogP contribution in [0.15, 0.2) is 47.8 Å². The van der Waals surface area contributed by atoms with Gasteiger partial charge in [-0.2, -0.15) is 0 Å². The predicted octanol–water partition coefficient (Wildman–Crippen LogP) is 1.95. The molecule has 156 valence electrons. The van der Waals surface area contributed by atoms with Crippen molar-refractivity contribution in [3.05, 3.63) is 48.4 Å². The van der Waals surface area contributed by atoms with Crippen molar-refractivity contribution in [2.24, 2.45) is 0 Å². The van der Waals surface area contributed by atoms with E-state index in [2.05, 4.69) is 24.8 Å². The molecule has 0 saturated carbocycles. The molecule has 2 bridgehead atoms. The van der Waals surface area contributed by atoms with Crippen LogP contribution >= 0.6 is 0 Å². The van der Waals surface area contributed by atoms with Crippen molar-refractivity contribution < 1.29 is 13.2 Å². The molecule has 1 aromatic carbocycles. The lowest BCUT2D eigenvalue weighted by atomic mass is 10.0. The molecule has 3 aromatic rings. The van der Waals surface area contributed by atoms with Crippen molar-refractivity contribution >= 4 is 33.0 Å². The maximum absolute atomic E-state index is 12.1. The molecule has 2 fully saturated rings. The summed E-state index contributed by atoms with van der Waals surface area (Å²) in [4.78, 5) is 28.9. The second-order valence-electron chi connectivity index (χ2n) is 8.10. The highest BCUT2D eigenvalue weighted by Crippen LogP contribution is 2.39. The molecule has 0 amide bonds. The van der Waals surface area contributed by atoms with E-state index in [0.29, 0.717) is 0 Å². The fourth-order valence-electron chi connectivity index (χ4n) is 4.91. The van der Waals surface area contributed by atoms with E-state index in [1.54, 1.807) is 30.6 Å². The smallest absolute Gasteiger partial charge is 0.175 e. The quantitative estimate of drug-likeness (QED) is 0.624. The number of rotatable bonds is 5. The van der Waals surface area contributed by atoms with Gasteiger partial charge in [-0.3, -0.25) is 4.90 Å². The Morgan fingerprint density at radius 3 is 2.43 bits per heavy atom. The molecule has 0 radical (unpaired) electrons. The summed E-state index contributed by atoms with van der Waals surface area (Å²) in [7, 11) is -3.26. The second kappa shape index (κ2) is 7.17. The topological polar surface area (TPSA) is 99.3 Å². The summed E-state index contributed by atoms with van der Waals surface area (Å²) in [5, 5.41) is 1.01. The molecular formula is C21H23N5O3S. The monoisotopic (exact) mass is 425 g/mol. The number of carbonyl (C=O) groups is 1. The number of aldehydes is 1.